The molecule has 1 aliphatic rings. The molecule has 0 N–H and O–H groups in total. The average Bonchev–Trinajstić information content (AvgIpc) is 2.89. The van der Waals surface area contributed by atoms with Crippen LogP contribution in [0.4, 0.5) is 0 Å². The Balaban J connectivity index is 2.02. The fourth-order valence-corrected chi connectivity index (χ4v) is 3.71. The van der Waals surface area contributed by atoms with Crippen LogP contribution in [0.15, 0.2) is 42.5 Å². The molecule has 0 bridgehead atoms. The molecule has 0 unspecified atom stereocenters. The molecule has 0 spiro atoms. The zero-order valence-corrected chi connectivity index (χ0v) is 14.7. The van der Waals surface area contributed by atoms with E-state index in [2.05, 4.69) is 56.1 Å². The molecule has 0 radical (unpaired) electrons. The van der Waals surface area contributed by atoms with Crippen molar-refractivity contribution < 1.29 is 0 Å². The van der Waals surface area contributed by atoms with E-state index in [1.807, 2.05) is 12.1 Å². The van der Waals surface area contributed by atoms with Gasteiger partial charge in [0.1, 0.15) is 0 Å². The minimum Gasteiger partial charge on any atom is -0.297 e. The Kier molecular flexibility index (Phi) is 4.49. The molecule has 3 heteroatoms. The van der Waals surface area contributed by atoms with Crippen molar-refractivity contribution in [3.8, 4) is 0 Å². The Bertz CT molecular complexity index is 681. The van der Waals surface area contributed by atoms with Crippen molar-refractivity contribution in [2.45, 2.75) is 38.3 Å². The number of rotatable bonds is 3. The van der Waals surface area contributed by atoms with Crippen LogP contribution in [0.2, 0.25) is 10.0 Å². The molecule has 22 heavy (non-hydrogen) atoms. The van der Waals surface area contributed by atoms with Crippen LogP contribution in [-0.2, 0) is 0 Å². The topological polar surface area (TPSA) is 3.24 Å². The van der Waals surface area contributed by atoms with Crippen molar-refractivity contribution in [2.75, 3.05) is 7.05 Å². The van der Waals surface area contributed by atoms with Gasteiger partial charge in [-0.15, -0.1) is 0 Å². The molecule has 3 rings (SSSR count). The van der Waals surface area contributed by atoms with Crippen LogP contribution in [0.25, 0.3) is 0 Å². The third-order valence-electron chi connectivity index (χ3n) is 4.84. The van der Waals surface area contributed by atoms with E-state index in [0.717, 1.165) is 6.42 Å². The predicted octanol–water partition coefficient (Wildman–Crippen LogP) is 5.91. The van der Waals surface area contributed by atoms with Crippen molar-refractivity contribution in [1.29, 1.82) is 0 Å². The van der Waals surface area contributed by atoms with Gasteiger partial charge in [0, 0.05) is 18.0 Å². The quantitative estimate of drug-likeness (QED) is 0.674. The second-order valence-electron chi connectivity index (χ2n) is 6.37. The average molecular weight is 334 g/mol. The smallest absolute Gasteiger partial charge is 0.0595 e. The van der Waals surface area contributed by atoms with E-state index in [-0.39, 0.29) is 0 Å². The molecule has 0 aliphatic heterocycles. The molecule has 1 aliphatic carbocycles. The van der Waals surface area contributed by atoms with Gasteiger partial charge in [-0.25, -0.2) is 0 Å². The second kappa shape index (κ2) is 6.23. The third kappa shape index (κ3) is 2.78. The zero-order valence-electron chi connectivity index (χ0n) is 13.2. The van der Waals surface area contributed by atoms with E-state index in [1.54, 1.807) is 0 Å². The number of hydrogen-bond acceptors (Lipinski definition) is 1. The van der Waals surface area contributed by atoms with Gasteiger partial charge < -0.3 is 0 Å². The lowest BCUT2D eigenvalue weighted by molar-refractivity contribution is 0.193. The van der Waals surface area contributed by atoms with Crippen LogP contribution in [-0.4, -0.2) is 18.0 Å². The van der Waals surface area contributed by atoms with Crippen molar-refractivity contribution in [2.24, 2.45) is 0 Å². The van der Waals surface area contributed by atoms with Crippen LogP contribution >= 0.6 is 23.2 Å². The maximum absolute atomic E-state index is 6.23. The molecule has 0 saturated carbocycles. The summed E-state index contributed by atoms with van der Waals surface area (Å²) in [7, 11) is 2.21. The first-order valence-electron chi connectivity index (χ1n) is 7.74. The molecule has 2 atom stereocenters. The summed E-state index contributed by atoms with van der Waals surface area (Å²) in [5, 5.41) is 1.25. The lowest BCUT2D eigenvalue weighted by atomic mass is 9.93. The monoisotopic (exact) mass is 333 g/mol. The SMILES string of the molecule is CC(C)N(C)[C@@H]1C[C@H](c2ccc(Cl)c(Cl)c2)c2ccccc21. The van der Waals surface area contributed by atoms with E-state index in [1.165, 1.54) is 16.7 Å². The first-order chi connectivity index (χ1) is 10.5. The molecule has 0 fully saturated rings. The summed E-state index contributed by atoms with van der Waals surface area (Å²) in [6, 6.07) is 15.8. The highest BCUT2D eigenvalue weighted by Gasteiger charge is 2.34. The number of benzene rings is 2. The standard InChI is InChI=1S/C19H21Cl2N/c1-12(2)22(3)19-11-16(14-6-4-5-7-15(14)19)13-8-9-17(20)18(21)10-13/h4-10,12,16,19H,11H2,1-3H3/t16-,19-/m1/s1. The van der Waals surface area contributed by atoms with E-state index in [0.29, 0.717) is 28.0 Å². The molecule has 0 saturated heterocycles. The molecule has 1 nitrogen and oxygen atoms in total. The summed E-state index contributed by atoms with van der Waals surface area (Å²) in [6.45, 7) is 4.49. The molecule has 0 heterocycles. The summed E-state index contributed by atoms with van der Waals surface area (Å²) in [5.41, 5.74) is 4.11. The van der Waals surface area contributed by atoms with Crippen LogP contribution in [0.1, 0.15) is 48.9 Å². The van der Waals surface area contributed by atoms with Gasteiger partial charge in [-0.1, -0.05) is 53.5 Å². The number of halogens is 2. The Morgan fingerprint density at radius 1 is 1.00 bits per heavy atom. The normalized spacial score (nSPS) is 20.7. The minimum atomic E-state index is 0.386. The van der Waals surface area contributed by atoms with Crippen molar-refractivity contribution >= 4 is 23.2 Å². The number of fused-ring (bicyclic) bond motifs is 1. The minimum absolute atomic E-state index is 0.386. The van der Waals surface area contributed by atoms with E-state index >= 15 is 0 Å². The molecule has 0 aromatic heterocycles. The molecule has 116 valence electrons. The highest BCUT2D eigenvalue weighted by molar-refractivity contribution is 6.42. The van der Waals surface area contributed by atoms with Crippen molar-refractivity contribution in [1.82, 2.24) is 4.90 Å². The first kappa shape index (κ1) is 15.9. The van der Waals surface area contributed by atoms with E-state index in [9.17, 15) is 0 Å². The Morgan fingerprint density at radius 3 is 2.32 bits per heavy atom. The molecule has 2 aromatic rings. The molecular weight excluding hydrogens is 313 g/mol. The third-order valence-corrected chi connectivity index (χ3v) is 5.58. The van der Waals surface area contributed by atoms with Gasteiger partial charge in [0.15, 0.2) is 0 Å². The zero-order chi connectivity index (χ0) is 15.9. The van der Waals surface area contributed by atoms with Crippen LogP contribution in [0, 0.1) is 0 Å². The van der Waals surface area contributed by atoms with Gasteiger partial charge in [0.2, 0.25) is 0 Å². The predicted molar refractivity (Wildman–Crippen MR) is 95.0 cm³/mol. The summed E-state index contributed by atoms with van der Waals surface area (Å²) < 4.78 is 0. The maximum atomic E-state index is 6.23. The van der Waals surface area contributed by atoms with E-state index in [4.69, 9.17) is 23.2 Å². The fourth-order valence-electron chi connectivity index (χ4n) is 3.40. The van der Waals surface area contributed by atoms with Gasteiger partial charge in [-0.2, -0.15) is 0 Å². The van der Waals surface area contributed by atoms with Crippen LogP contribution in [0.5, 0.6) is 0 Å². The molecular formula is C19H21Cl2N. The first-order valence-corrected chi connectivity index (χ1v) is 8.50. The van der Waals surface area contributed by atoms with Gasteiger partial charge in [0.25, 0.3) is 0 Å². The van der Waals surface area contributed by atoms with Gasteiger partial charge in [-0.05, 0) is 56.1 Å². The maximum Gasteiger partial charge on any atom is 0.0595 e. The van der Waals surface area contributed by atoms with Gasteiger partial charge in [-0.3, -0.25) is 4.90 Å². The largest absolute Gasteiger partial charge is 0.297 e. The number of nitrogens with zero attached hydrogens (tertiary/aromatic N) is 1. The highest BCUT2D eigenvalue weighted by atomic mass is 35.5. The highest BCUT2D eigenvalue weighted by Crippen LogP contribution is 2.47. The molecule has 0 amide bonds. The Labute approximate surface area is 142 Å². The van der Waals surface area contributed by atoms with Crippen LogP contribution in [0.3, 0.4) is 0 Å². The second-order valence-corrected chi connectivity index (χ2v) is 7.18. The van der Waals surface area contributed by atoms with Crippen LogP contribution < -0.4 is 0 Å². The van der Waals surface area contributed by atoms with Gasteiger partial charge in [0.05, 0.1) is 10.0 Å². The summed E-state index contributed by atoms with van der Waals surface area (Å²) in [5.74, 6) is 0.386. The summed E-state index contributed by atoms with van der Waals surface area (Å²) in [6.07, 6.45) is 1.09. The Hall–Kier alpha value is -1.02. The van der Waals surface area contributed by atoms with E-state index < -0.39 is 0 Å². The van der Waals surface area contributed by atoms with Gasteiger partial charge >= 0.3 is 0 Å². The number of hydrogen-bond donors (Lipinski definition) is 0. The lowest BCUT2D eigenvalue weighted by Crippen LogP contribution is -2.29. The lowest BCUT2D eigenvalue weighted by Gasteiger charge is -2.29. The molecule has 2 aromatic carbocycles. The fraction of sp³-hybridized carbons (Fsp3) is 0.368. The Morgan fingerprint density at radius 2 is 1.68 bits per heavy atom. The summed E-state index contributed by atoms with van der Waals surface area (Å²) >= 11 is 12.3. The van der Waals surface area contributed by atoms with Crippen molar-refractivity contribution in [3.05, 3.63) is 69.2 Å². The summed E-state index contributed by atoms with van der Waals surface area (Å²) in [4.78, 5) is 2.45. The van der Waals surface area contributed by atoms with Crippen molar-refractivity contribution in [3.63, 3.8) is 0 Å².